The Morgan fingerprint density at radius 1 is 0.950 bits per heavy atom. The second kappa shape index (κ2) is 5.49. The van der Waals surface area contributed by atoms with Gasteiger partial charge in [-0.1, -0.05) is 25.3 Å². The lowest BCUT2D eigenvalue weighted by Crippen LogP contribution is -2.08. The minimum absolute atomic E-state index is 0.515. The topological polar surface area (TPSA) is 77.8 Å². The van der Waals surface area contributed by atoms with Crippen LogP contribution in [0.2, 0.25) is 0 Å². The summed E-state index contributed by atoms with van der Waals surface area (Å²) in [6.07, 6.45) is 8.13. The van der Waals surface area contributed by atoms with Gasteiger partial charge in [0, 0.05) is 11.8 Å². The average molecular weight is 268 g/mol. The van der Waals surface area contributed by atoms with Crippen molar-refractivity contribution >= 4 is 11.6 Å². The third kappa shape index (κ3) is 2.59. The van der Waals surface area contributed by atoms with Crippen molar-refractivity contribution in [2.24, 2.45) is 0 Å². The van der Waals surface area contributed by atoms with E-state index in [9.17, 15) is 0 Å². The summed E-state index contributed by atoms with van der Waals surface area (Å²) in [6, 6.07) is 7.85. The van der Waals surface area contributed by atoms with Crippen molar-refractivity contribution in [2.75, 3.05) is 11.5 Å². The van der Waals surface area contributed by atoms with Gasteiger partial charge in [-0.3, -0.25) is 0 Å². The number of rotatable bonds is 2. The van der Waals surface area contributed by atoms with E-state index in [-0.39, 0.29) is 0 Å². The van der Waals surface area contributed by atoms with E-state index in [4.69, 9.17) is 11.5 Å². The molecule has 0 spiro atoms. The molecule has 1 saturated carbocycles. The van der Waals surface area contributed by atoms with Gasteiger partial charge < -0.3 is 11.5 Å². The predicted octanol–water partition coefficient (Wildman–Crippen LogP) is 3.36. The van der Waals surface area contributed by atoms with E-state index < -0.39 is 0 Å². The van der Waals surface area contributed by atoms with Crippen molar-refractivity contribution in [3.8, 4) is 11.3 Å². The summed E-state index contributed by atoms with van der Waals surface area (Å²) < 4.78 is 0. The van der Waals surface area contributed by atoms with Crippen LogP contribution in [0.1, 0.15) is 43.6 Å². The zero-order chi connectivity index (χ0) is 13.9. The maximum absolute atomic E-state index is 5.87. The first-order chi connectivity index (χ1) is 9.74. The molecule has 2 heterocycles. The van der Waals surface area contributed by atoms with Gasteiger partial charge in [-0.2, -0.15) is 0 Å². The van der Waals surface area contributed by atoms with Gasteiger partial charge in [-0.05, 0) is 42.5 Å². The SMILES string of the molecule is Nc1cc(-c2nc(N)ccc2C2CCCCC2)ccn1. The summed E-state index contributed by atoms with van der Waals surface area (Å²) in [5.41, 5.74) is 14.9. The lowest BCUT2D eigenvalue weighted by Gasteiger charge is -2.24. The third-order valence-electron chi connectivity index (χ3n) is 4.05. The molecular weight excluding hydrogens is 248 g/mol. The van der Waals surface area contributed by atoms with Crippen molar-refractivity contribution in [1.29, 1.82) is 0 Å². The number of anilines is 2. The molecule has 0 bridgehead atoms. The number of aromatic nitrogens is 2. The molecule has 4 N–H and O–H groups in total. The predicted molar refractivity (Wildman–Crippen MR) is 82.1 cm³/mol. The lowest BCUT2D eigenvalue weighted by atomic mass is 9.82. The Bertz CT molecular complexity index is 603. The Balaban J connectivity index is 2.06. The zero-order valence-electron chi connectivity index (χ0n) is 11.5. The van der Waals surface area contributed by atoms with Crippen LogP contribution in [0.15, 0.2) is 30.5 Å². The van der Waals surface area contributed by atoms with Crippen molar-refractivity contribution in [2.45, 2.75) is 38.0 Å². The van der Waals surface area contributed by atoms with Crippen LogP contribution in [-0.2, 0) is 0 Å². The first-order valence-corrected chi connectivity index (χ1v) is 7.22. The van der Waals surface area contributed by atoms with Crippen molar-refractivity contribution in [1.82, 2.24) is 9.97 Å². The van der Waals surface area contributed by atoms with E-state index in [2.05, 4.69) is 16.0 Å². The minimum atomic E-state index is 0.515. The van der Waals surface area contributed by atoms with E-state index in [1.807, 2.05) is 18.2 Å². The molecular formula is C16H20N4. The molecule has 0 aromatic carbocycles. The highest BCUT2D eigenvalue weighted by atomic mass is 14.9. The van der Waals surface area contributed by atoms with Gasteiger partial charge in [0.05, 0.1) is 5.69 Å². The molecule has 0 saturated heterocycles. The quantitative estimate of drug-likeness (QED) is 0.875. The number of hydrogen-bond donors (Lipinski definition) is 2. The van der Waals surface area contributed by atoms with Crippen LogP contribution in [0.3, 0.4) is 0 Å². The van der Waals surface area contributed by atoms with E-state index in [0.29, 0.717) is 17.6 Å². The molecule has 3 rings (SSSR count). The molecule has 1 fully saturated rings. The van der Waals surface area contributed by atoms with Gasteiger partial charge >= 0.3 is 0 Å². The summed E-state index contributed by atoms with van der Waals surface area (Å²) in [5.74, 6) is 1.65. The fourth-order valence-electron chi connectivity index (χ4n) is 3.05. The van der Waals surface area contributed by atoms with Crippen LogP contribution in [0.25, 0.3) is 11.3 Å². The summed E-state index contributed by atoms with van der Waals surface area (Å²) in [7, 11) is 0. The number of nitrogens with two attached hydrogens (primary N) is 2. The highest BCUT2D eigenvalue weighted by Crippen LogP contribution is 2.37. The average Bonchev–Trinajstić information content (AvgIpc) is 2.48. The third-order valence-corrected chi connectivity index (χ3v) is 4.05. The highest BCUT2D eigenvalue weighted by Gasteiger charge is 2.20. The van der Waals surface area contributed by atoms with Gasteiger partial charge in [-0.15, -0.1) is 0 Å². The van der Waals surface area contributed by atoms with E-state index in [1.54, 1.807) is 6.20 Å². The van der Waals surface area contributed by atoms with Gasteiger partial charge in [0.25, 0.3) is 0 Å². The van der Waals surface area contributed by atoms with E-state index >= 15 is 0 Å². The normalized spacial score (nSPS) is 16.2. The summed E-state index contributed by atoms with van der Waals surface area (Å²) in [4.78, 5) is 8.60. The molecule has 0 atom stereocenters. The molecule has 104 valence electrons. The number of nitrogen functional groups attached to an aromatic ring is 2. The second-order valence-corrected chi connectivity index (χ2v) is 5.48. The van der Waals surface area contributed by atoms with E-state index in [0.717, 1.165) is 11.3 Å². The number of nitrogens with zero attached hydrogens (tertiary/aromatic N) is 2. The Morgan fingerprint density at radius 2 is 1.75 bits per heavy atom. The summed E-state index contributed by atoms with van der Waals surface area (Å²) >= 11 is 0. The maximum atomic E-state index is 5.87. The molecule has 1 aliphatic rings. The highest BCUT2D eigenvalue weighted by molar-refractivity contribution is 5.67. The molecule has 4 heteroatoms. The van der Waals surface area contributed by atoms with Crippen molar-refractivity contribution < 1.29 is 0 Å². The molecule has 0 unspecified atom stereocenters. The molecule has 2 aromatic heterocycles. The lowest BCUT2D eigenvalue weighted by molar-refractivity contribution is 0.443. The van der Waals surface area contributed by atoms with Gasteiger partial charge in [0.2, 0.25) is 0 Å². The second-order valence-electron chi connectivity index (χ2n) is 5.48. The molecule has 0 amide bonds. The Labute approximate surface area is 119 Å². The van der Waals surface area contributed by atoms with Crippen LogP contribution in [0.4, 0.5) is 11.6 Å². The zero-order valence-corrected chi connectivity index (χ0v) is 11.5. The molecule has 2 aromatic rings. The Morgan fingerprint density at radius 3 is 2.50 bits per heavy atom. The summed E-state index contributed by atoms with van der Waals surface area (Å²) in [6.45, 7) is 0. The number of hydrogen-bond acceptors (Lipinski definition) is 4. The fraction of sp³-hybridized carbons (Fsp3) is 0.375. The van der Waals surface area contributed by atoms with Gasteiger partial charge in [0.1, 0.15) is 11.6 Å². The molecule has 0 aliphatic heterocycles. The fourth-order valence-corrected chi connectivity index (χ4v) is 3.05. The Hall–Kier alpha value is -2.10. The van der Waals surface area contributed by atoms with E-state index in [1.165, 1.54) is 37.7 Å². The maximum Gasteiger partial charge on any atom is 0.124 e. The van der Waals surface area contributed by atoms with Crippen LogP contribution in [0, 0.1) is 0 Å². The summed E-state index contributed by atoms with van der Waals surface area (Å²) in [5, 5.41) is 0. The van der Waals surface area contributed by atoms with Crippen LogP contribution in [-0.4, -0.2) is 9.97 Å². The molecule has 20 heavy (non-hydrogen) atoms. The molecule has 0 radical (unpaired) electrons. The van der Waals surface area contributed by atoms with Gasteiger partial charge in [0.15, 0.2) is 0 Å². The standard InChI is InChI=1S/C16H20N4/c17-14-7-6-13(11-4-2-1-3-5-11)16(20-14)12-8-9-19-15(18)10-12/h6-11H,1-5H2,(H2,17,20)(H2,18,19). The van der Waals surface area contributed by atoms with Gasteiger partial charge in [-0.25, -0.2) is 9.97 Å². The van der Waals surface area contributed by atoms with Crippen LogP contribution < -0.4 is 11.5 Å². The molecule has 1 aliphatic carbocycles. The largest absolute Gasteiger partial charge is 0.384 e. The van der Waals surface area contributed by atoms with Crippen molar-refractivity contribution in [3.63, 3.8) is 0 Å². The van der Waals surface area contributed by atoms with Crippen molar-refractivity contribution in [3.05, 3.63) is 36.0 Å². The Kier molecular flexibility index (Phi) is 3.54. The first-order valence-electron chi connectivity index (χ1n) is 7.22. The monoisotopic (exact) mass is 268 g/mol. The minimum Gasteiger partial charge on any atom is -0.384 e. The first kappa shape index (κ1) is 12.9. The smallest absolute Gasteiger partial charge is 0.124 e. The van der Waals surface area contributed by atoms with Crippen LogP contribution in [0.5, 0.6) is 0 Å². The number of pyridine rings is 2. The molecule has 4 nitrogen and oxygen atoms in total. The van der Waals surface area contributed by atoms with Crippen LogP contribution >= 0.6 is 0 Å².